The minimum Gasteiger partial charge on any atom is -0.370 e. The Labute approximate surface area is 105 Å². The lowest BCUT2D eigenvalue weighted by Gasteiger charge is -2.24. The van der Waals surface area contributed by atoms with E-state index in [-0.39, 0.29) is 12.3 Å². The number of carbonyl (C=O) groups is 1. The lowest BCUT2D eigenvalue weighted by Crippen LogP contribution is -2.51. The summed E-state index contributed by atoms with van der Waals surface area (Å²) in [6.45, 7) is 1.84. The Hall–Kier alpha value is -1.66. The number of nitrogens with two attached hydrogens (primary N) is 1. The smallest absolute Gasteiger partial charge is 0.221 e. The molecule has 0 aliphatic carbocycles. The first-order valence-corrected chi connectivity index (χ1v) is 5.64. The zero-order valence-electron chi connectivity index (χ0n) is 9.43. The van der Waals surface area contributed by atoms with Crippen LogP contribution in [0.1, 0.15) is 13.3 Å². The molecule has 1 aromatic carbocycles. The first kappa shape index (κ1) is 11.8. The van der Waals surface area contributed by atoms with Crippen molar-refractivity contribution in [1.82, 2.24) is 10.7 Å². The van der Waals surface area contributed by atoms with Gasteiger partial charge >= 0.3 is 0 Å². The molecule has 1 saturated heterocycles. The third kappa shape index (κ3) is 2.54. The molecule has 6 heteroatoms. The van der Waals surface area contributed by atoms with Gasteiger partial charge < -0.3 is 11.1 Å². The molecule has 5 nitrogen and oxygen atoms in total. The minimum atomic E-state index is -0.626. The Morgan fingerprint density at radius 2 is 2.12 bits per heavy atom. The normalized spacial score (nSPS) is 23.6. The van der Waals surface area contributed by atoms with Gasteiger partial charge in [-0.2, -0.15) is 0 Å². The molecule has 1 heterocycles. The molecule has 0 unspecified atom stereocenters. The molecule has 1 aliphatic heterocycles. The molecule has 1 atom stereocenters. The summed E-state index contributed by atoms with van der Waals surface area (Å²) in [4.78, 5) is 11.0. The standard InChI is InChI=1S/C11H14N4OS/c1-11(7-9(12)16)13-10(17)15(14-11)8-5-3-2-4-6-8/h2-6,14H,7H2,1H3,(H2,12,16)(H,13,17)/t11-/m1/s1. The van der Waals surface area contributed by atoms with Gasteiger partial charge in [-0.05, 0) is 31.3 Å². The van der Waals surface area contributed by atoms with Gasteiger partial charge in [0, 0.05) is 0 Å². The van der Waals surface area contributed by atoms with Gasteiger partial charge in [0.15, 0.2) is 5.11 Å². The molecular weight excluding hydrogens is 236 g/mol. The van der Waals surface area contributed by atoms with Crippen LogP contribution in [0.4, 0.5) is 5.69 Å². The van der Waals surface area contributed by atoms with Gasteiger partial charge in [0.25, 0.3) is 0 Å². The molecule has 1 fully saturated rings. The molecule has 90 valence electrons. The number of anilines is 1. The van der Waals surface area contributed by atoms with E-state index in [1.807, 2.05) is 37.3 Å². The van der Waals surface area contributed by atoms with E-state index >= 15 is 0 Å². The van der Waals surface area contributed by atoms with Crippen LogP contribution in [0, 0.1) is 0 Å². The van der Waals surface area contributed by atoms with Crippen LogP contribution in [-0.2, 0) is 4.79 Å². The number of rotatable bonds is 3. The van der Waals surface area contributed by atoms with E-state index in [0.717, 1.165) is 5.69 Å². The molecule has 1 amide bonds. The van der Waals surface area contributed by atoms with Gasteiger partial charge in [0.1, 0.15) is 5.66 Å². The Balaban J connectivity index is 2.18. The highest BCUT2D eigenvalue weighted by molar-refractivity contribution is 7.80. The highest BCUT2D eigenvalue weighted by Crippen LogP contribution is 2.20. The Morgan fingerprint density at radius 3 is 2.71 bits per heavy atom. The summed E-state index contributed by atoms with van der Waals surface area (Å²) >= 11 is 5.22. The number of nitrogens with one attached hydrogen (secondary N) is 2. The summed E-state index contributed by atoms with van der Waals surface area (Å²) in [6.07, 6.45) is 0.163. The van der Waals surface area contributed by atoms with Crippen LogP contribution in [0.15, 0.2) is 30.3 Å². The average molecular weight is 250 g/mol. The molecule has 17 heavy (non-hydrogen) atoms. The number of hydrogen-bond acceptors (Lipinski definition) is 3. The Morgan fingerprint density at radius 1 is 1.47 bits per heavy atom. The maximum atomic E-state index is 11.0. The van der Waals surface area contributed by atoms with E-state index in [1.165, 1.54) is 0 Å². The van der Waals surface area contributed by atoms with E-state index in [2.05, 4.69) is 10.7 Å². The second kappa shape index (κ2) is 4.31. The summed E-state index contributed by atoms with van der Waals surface area (Å²) in [5.41, 5.74) is 8.64. The Bertz CT molecular complexity index is 450. The summed E-state index contributed by atoms with van der Waals surface area (Å²) < 4.78 is 0. The second-order valence-electron chi connectivity index (χ2n) is 4.19. The number of hydrazine groups is 1. The molecular formula is C11H14N4OS. The van der Waals surface area contributed by atoms with E-state index in [9.17, 15) is 4.79 Å². The van der Waals surface area contributed by atoms with Crippen molar-refractivity contribution in [3.63, 3.8) is 0 Å². The van der Waals surface area contributed by atoms with Crippen LogP contribution in [0.25, 0.3) is 0 Å². The van der Waals surface area contributed by atoms with Crippen LogP contribution >= 0.6 is 12.2 Å². The molecule has 1 aliphatic rings. The quantitative estimate of drug-likeness (QED) is 0.681. The summed E-state index contributed by atoms with van der Waals surface area (Å²) in [5, 5.41) is 5.32. The molecule has 1 aromatic rings. The fraction of sp³-hybridized carbons (Fsp3) is 0.273. The molecule has 0 bridgehead atoms. The lowest BCUT2D eigenvalue weighted by atomic mass is 10.1. The highest BCUT2D eigenvalue weighted by atomic mass is 32.1. The predicted molar refractivity (Wildman–Crippen MR) is 70.0 cm³/mol. The van der Waals surface area contributed by atoms with Gasteiger partial charge in [-0.15, -0.1) is 0 Å². The third-order valence-corrected chi connectivity index (χ3v) is 2.77. The van der Waals surface area contributed by atoms with Crippen molar-refractivity contribution >= 4 is 28.9 Å². The van der Waals surface area contributed by atoms with Crippen molar-refractivity contribution < 1.29 is 4.79 Å². The number of amides is 1. The third-order valence-electron chi connectivity index (χ3n) is 2.49. The highest BCUT2D eigenvalue weighted by Gasteiger charge is 2.37. The molecule has 0 spiro atoms. The van der Waals surface area contributed by atoms with Crippen LogP contribution in [0.5, 0.6) is 0 Å². The second-order valence-corrected chi connectivity index (χ2v) is 4.57. The lowest BCUT2D eigenvalue weighted by molar-refractivity contribution is -0.119. The van der Waals surface area contributed by atoms with Crippen LogP contribution in [-0.4, -0.2) is 16.7 Å². The van der Waals surface area contributed by atoms with Crippen LogP contribution < -0.4 is 21.5 Å². The van der Waals surface area contributed by atoms with Gasteiger partial charge in [-0.3, -0.25) is 9.80 Å². The summed E-state index contributed by atoms with van der Waals surface area (Å²) in [5.74, 6) is -0.384. The van der Waals surface area contributed by atoms with Gasteiger partial charge in [0.2, 0.25) is 5.91 Å². The van der Waals surface area contributed by atoms with E-state index in [4.69, 9.17) is 18.0 Å². The Kier molecular flexibility index (Phi) is 2.99. The SMILES string of the molecule is C[C@@]1(CC(N)=O)NC(=S)N(c2ccccc2)N1. The number of para-hydroxylation sites is 1. The van der Waals surface area contributed by atoms with Gasteiger partial charge in [-0.25, -0.2) is 5.43 Å². The van der Waals surface area contributed by atoms with Crippen LogP contribution in [0.2, 0.25) is 0 Å². The van der Waals surface area contributed by atoms with E-state index in [0.29, 0.717) is 5.11 Å². The fourth-order valence-electron chi connectivity index (χ4n) is 1.81. The average Bonchev–Trinajstić information content (AvgIpc) is 2.54. The van der Waals surface area contributed by atoms with Gasteiger partial charge in [-0.1, -0.05) is 18.2 Å². The summed E-state index contributed by atoms with van der Waals surface area (Å²) in [6, 6.07) is 9.62. The number of carbonyl (C=O) groups excluding carboxylic acids is 1. The topological polar surface area (TPSA) is 70.4 Å². The van der Waals surface area contributed by atoms with Crippen molar-refractivity contribution in [3.8, 4) is 0 Å². The molecule has 0 saturated carbocycles. The maximum Gasteiger partial charge on any atom is 0.221 e. The van der Waals surface area contributed by atoms with Gasteiger partial charge in [0.05, 0.1) is 12.1 Å². The largest absolute Gasteiger partial charge is 0.370 e. The zero-order chi connectivity index (χ0) is 12.5. The van der Waals surface area contributed by atoms with Crippen molar-refractivity contribution in [1.29, 1.82) is 0 Å². The van der Waals surface area contributed by atoms with E-state index < -0.39 is 5.66 Å². The number of thiocarbonyl (C=S) groups is 1. The number of benzene rings is 1. The molecule has 0 aromatic heterocycles. The fourth-order valence-corrected chi connectivity index (χ4v) is 2.18. The maximum absolute atomic E-state index is 11.0. The number of nitrogens with zero attached hydrogens (tertiary/aromatic N) is 1. The van der Waals surface area contributed by atoms with Crippen molar-refractivity contribution in [2.45, 2.75) is 19.0 Å². The molecule has 4 N–H and O–H groups in total. The van der Waals surface area contributed by atoms with Crippen molar-refractivity contribution in [2.75, 3.05) is 5.01 Å². The van der Waals surface area contributed by atoms with E-state index in [1.54, 1.807) is 5.01 Å². The van der Waals surface area contributed by atoms with Crippen molar-refractivity contribution in [2.24, 2.45) is 5.73 Å². The monoisotopic (exact) mass is 250 g/mol. The van der Waals surface area contributed by atoms with Crippen molar-refractivity contribution in [3.05, 3.63) is 30.3 Å². The summed E-state index contributed by atoms with van der Waals surface area (Å²) in [7, 11) is 0. The zero-order valence-corrected chi connectivity index (χ0v) is 10.3. The first-order valence-electron chi connectivity index (χ1n) is 5.24. The van der Waals surface area contributed by atoms with Crippen LogP contribution in [0.3, 0.4) is 0 Å². The predicted octanol–water partition coefficient (Wildman–Crippen LogP) is 0.477. The number of hydrogen-bond donors (Lipinski definition) is 3. The number of primary amides is 1. The first-order chi connectivity index (χ1) is 8.00. The minimum absolute atomic E-state index is 0.163. The molecule has 0 radical (unpaired) electrons. The molecule has 2 rings (SSSR count).